The van der Waals surface area contributed by atoms with Crippen molar-refractivity contribution < 1.29 is 9.90 Å². The molecule has 12 heavy (non-hydrogen) atoms. The summed E-state index contributed by atoms with van der Waals surface area (Å²) in [6.07, 6.45) is 4.25. The van der Waals surface area contributed by atoms with E-state index in [4.69, 9.17) is 5.11 Å². The van der Waals surface area contributed by atoms with E-state index in [1.165, 1.54) is 6.08 Å². The second-order valence-corrected chi connectivity index (χ2v) is 3.21. The molecular weight excluding hydrogens is 271 g/mol. The first-order valence-electron chi connectivity index (χ1n) is 3.20. The van der Waals surface area contributed by atoms with Gasteiger partial charge in [0.15, 0.2) is 0 Å². The highest BCUT2D eigenvalue weighted by Crippen LogP contribution is 2.11. The number of carbonyl (C=O) groups is 1. The molecule has 1 heterocycles. The van der Waals surface area contributed by atoms with Crippen LogP contribution < -0.4 is 0 Å². The maximum absolute atomic E-state index is 10.2. The molecule has 1 aromatic heterocycles. The molecule has 0 bridgehead atoms. The third-order valence-electron chi connectivity index (χ3n) is 1.30. The van der Waals surface area contributed by atoms with E-state index in [-0.39, 0.29) is 0 Å². The lowest BCUT2D eigenvalue weighted by atomic mass is 10.3. The standard InChI is InChI=1S/C7H7IN2O2/c1-10-7(8)5(4-9-10)2-3-6(11)12/h2-4H,1H3,(H,11,12)/b3-2+. The topological polar surface area (TPSA) is 55.1 Å². The average molecular weight is 278 g/mol. The van der Waals surface area contributed by atoms with Gasteiger partial charge in [-0.1, -0.05) is 0 Å². The number of aliphatic carboxylic acids is 1. The molecule has 0 aliphatic rings. The molecule has 1 rings (SSSR count). The van der Waals surface area contributed by atoms with Crippen molar-refractivity contribution in [3.63, 3.8) is 0 Å². The zero-order valence-electron chi connectivity index (χ0n) is 6.36. The molecule has 0 aliphatic carbocycles. The average Bonchev–Trinajstić information content (AvgIpc) is 2.30. The second-order valence-electron chi connectivity index (χ2n) is 2.19. The van der Waals surface area contributed by atoms with Crippen LogP contribution in [0.1, 0.15) is 5.56 Å². The van der Waals surface area contributed by atoms with E-state index in [2.05, 4.69) is 27.7 Å². The predicted octanol–water partition coefficient (Wildman–Crippen LogP) is 1.12. The van der Waals surface area contributed by atoms with Gasteiger partial charge in [-0.2, -0.15) is 5.10 Å². The molecule has 5 heteroatoms. The van der Waals surface area contributed by atoms with Gasteiger partial charge in [-0.05, 0) is 28.7 Å². The fraction of sp³-hybridized carbons (Fsp3) is 0.143. The highest BCUT2D eigenvalue weighted by atomic mass is 127. The summed E-state index contributed by atoms with van der Waals surface area (Å²) in [5.74, 6) is -0.949. The van der Waals surface area contributed by atoms with Crippen LogP contribution in [0.3, 0.4) is 0 Å². The van der Waals surface area contributed by atoms with Gasteiger partial charge in [-0.25, -0.2) is 4.79 Å². The van der Waals surface area contributed by atoms with Gasteiger partial charge in [0.1, 0.15) is 3.70 Å². The molecule has 1 N–H and O–H groups in total. The van der Waals surface area contributed by atoms with E-state index in [9.17, 15) is 4.79 Å². The zero-order valence-corrected chi connectivity index (χ0v) is 8.52. The summed E-state index contributed by atoms with van der Waals surface area (Å²) in [5.41, 5.74) is 0.820. The third kappa shape index (κ3) is 2.07. The summed E-state index contributed by atoms with van der Waals surface area (Å²) in [6, 6.07) is 0. The van der Waals surface area contributed by atoms with Crippen LogP contribution in [0.25, 0.3) is 6.08 Å². The Morgan fingerprint density at radius 3 is 2.92 bits per heavy atom. The van der Waals surface area contributed by atoms with Crippen LogP contribution in [-0.4, -0.2) is 20.9 Å². The predicted molar refractivity (Wildman–Crippen MR) is 52.6 cm³/mol. The third-order valence-corrected chi connectivity index (χ3v) is 2.62. The Kier molecular flexibility index (Phi) is 2.85. The highest BCUT2D eigenvalue weighted by molar-refractivity contribution is 14.1. The summed E-state index contributed by atoms with van der Waals surface area (Å²) >= 11 is 2.10. The second kappa shape index (κ2) is 3.70. The van der Waals surface area contributed by atoms with Gasteiger partial charge in [0.05, 0.1) is 6.20 Å². The summed E-state index contributed by atoms with van der Waals surface area (Å²) in [6.45, 7) is 0. The molecule has 0 spiro atoms. The highest BCUT2D eigenvalue weighted by Gasteiger charge is 2.00. The number of hydrogen-bond acceptors (Lipinski definition) is 2. The lowest BCUT2D eigenvalue weighted by Gasteiger charge is -1.90. The number of carboxylic acid groups (broad SMARTS) is 1. The van der Waals surface area contributed by atoms with Crippen LogP contribution >= 0.6 is 22.6 Å². The minimum Gasteiger partial charge on any atom is -0.478 e. The summed E-state index contributed by atoms with van der Waals surface area (Å²) in [7, 11) is 1.81. The molecule has 0 unspecified atom stereocenters. The van der Waals surface area contributed by atoms with Gasteiger partial charge in [0.2, 0.25) is 0 Å². The van der Waals surface area contributed by atoms with E-state index in [0.717, 1.165) is 15.3 Å². The summed E-state index contributed by atoms with van der Waals surface area (Å²) < 4.78 is 2.60. The van der Waals surface area contributed by atoms with Crippen molar-refractivity contribution in [1.29, 1.82) is 0 Å². The normalized spacial score (nSPS) is 10.8. The molecule has 0 aromatic carbocycles. The molecule has 0 saturated heterocycles. The number of halogens is 1. The Morgan fingerprint density at radius 2 is 2.50 bits per heavy atom. The molecule has 0 atom stereocenters. The lowest BCUT2D eigenvalue weighted by Crippen LogP contribution is -1.92. The Morgan fingerprint density at radius 1 is 1.83 bits per heavy atom. The number of aromatic nitrogens is 2. The summed E-state index contributed by atoms with van der Waals surface area (Å²) in [4.78, 5) is 10.2. The van der Waals surface area contributed by atoms with E-state index >= 15 is 0 Å². The van der Waals surface area contributed by atoms with Crippen LogP contribution in [0.2, 0.25) is 0 Å². The van der Waals surface area contributed by atoms with Crippen LogP contribution in [0.15, 0.2) is 12.3 Å². The molecular formula is C7H7IN2O2. The van der Waals surface area contributed by atoms with E-state index in [1.807, 2.05) is 0 Å². The maximum Gasteiger partial charge on any atom is 0.328 e. The number of nitrogens with zero attached hydrogens (tertiary/aromatic N) is 2. The monoisotopic (exact) mass is 278 g/mol. The van der Waals surface area contributed by atoms with Crippen LogP contribution in [-0.2, 0) is 11.8 Å². The first-order valence-corrected chi connectivity index (χ1v) is 4.27. The Bertz CT molecular complexity index is 330. The largest absolute Gasteiger partial charge is 0.478 e. The molecule has 0 amide bonds. The molecule has 0 radical (unpaired) electrons. The van der Waals surface area contributed by atoms with Crippen molar-refractivity contribution in [3.05, 3.63) is 21.5 Å². The van der Waals surface area contributed by atoms with Gasteiger partial charge in [-0.15, -0.1) is 0 Å². The van der Waals surface area contributed by atoms with Crippen molar-refractivity contribution in [2.75, 3.05) is 0 Å². The Balaban J connectivity index is 2.90. The van der Waals surface area contributed by atoms with Crippen molar-refractivity contribution in [2.24, 2.45) is 7.05 Å². The van der Waals surface area contributed by atoms with E-state index in [0.29, 0.717) is 0 Å². The molecule has 0 fully saturated rings. The SMILES string of the molecule is Cn1ncc(/C=C/C(=O)O)c1I. The molecule has 1 aromatic rings. The van der Waals surface area contributed by atoms with Gasteiger partial charge >= 0.3 is 5.97 Å². The van der Waals surface area contributed by atoms with Crippen molar-refractivity contribution in [1.82, 2.24) is 9.78 Å². The van der Waals surface area contributed by atoms with Crippen molar-refractivity contribution in [3.8, 4) is 0 Å². The Hall–Kier alpha value is -0.850. The van der Waals surface area contributed by atoms with Crippen LogP contribution in [0, 0.1) is 3.70 Å². The van der Waals surface area contributed by atoms with E-state index in [1.54, 1.807) is 17.9 Å². The smallest absolute Gasteiger partial charge is 0.328 e. The molecule has 0 aliphatic heterocycles. The van der Waals surface area contributed by atoms with E-state index < -0.39 is 5.97 Å². The summed E-state index contributed by atoms with van der Waals surface area (Å²) in [5, 5.41) is 12.3. The van der Waals surface area contributed by atoms with Gasteiger partial charge in [0.25, 0.3) is 0 Å². The molecule has 0 saturated carbocycles. The molecule has 64 valence electrons. The number of hydrogen-bond donors (Lipinski definition) is 1. The first kappa shape index (κ1) is 9.24. The fourth-order valence-corrected chi connectivity index (χ4v) is 1.16. The first-order chi connectivity index (χ1) is 5.61. The number of carboxylic acids is 1. The Labute approximate surface area is 83.0 Å². The number of rotatable bonds is 2. The quantitative estimate of drug-likeness (QED) is 0.651. The van der Waals surface area contributed by atoms with Crippen LogP contribution in [0.4, 0.5) is 0 Å². The van der Waals surface area contributed by atoms with Gasteiger partial charge in [0, 0.05) is 18.7 Å². The number of aryl methyl sites for hydroxylation is 1. The van der Waals surface area contributed by atoms with Gasteiger partial charge in [-0.3, -0.25) is 4.68 Å². The van der Waals surface area contributed by atoms with Gasteiger partial charge < -0.3 is 5.11 Å². The molecule has 4 nitrogen and oxygen atoms in total. The van der Waals surface area contributed by atoms with Crippen molar-refractivity contribution in [2.45, 2.75) is 0 Å². The zero-order chi connectivity index (χ0) is 9.14. The van der Waals surface area contributed by atoms with Crippen LogP contribution in [0.5, 0.6) is 0 Å². The minimum absolute atomic E-state index is 0.820. The van der Waals surface area contributed by atoms with Crippen molar-refractivity contribution >= 4 is 34.6 Å². The fourth-order valence-electron chi connectivity index (χ4n) is 0.712. The lowest BCUT2D eigenvalue weighted by molar-refractivity contribution is -0.131. The minimum atomic E-state index is -0.949. The maximum atomic E-state index is 10.2.